The minimum absolute atomic E-state index is 0.0477. The number of rotatable bonds is 5. The molecule has 7 heteroatoms. The zero-order valence-electron chi connectivity index (χ0n) is 16.3. The van der Waals surface area contributed by atoms with Crippen molar-refractivity contribution in [1.82, 2.24) is 14.8 Å². The molecule has 0 aliphatic carbocycles. The van der Waals surface area contributed by atoms with Crippen molar-refractivity contribution in [3.63, 3.8) is 0 Å². The Morgan fingerprint density at radius 2 is 1.76 bits per heavy atom. The number of fused-ring (bicyclic) bond motifs is 1. The van der Waals surface area contributed by atoms with Gasteiger partial charge in [0.2, 0.25) is 5.91 Å². The second-order valence-electron chi connectivity index (χ2n) is 6.96. The molecule has 2 heterocycles. The smallest absolute Gasteiger partial charge is 0.254 e. The topological polar surface area (TPSA) is 75.9 Å². The van der Waals surface area contributed by atoms with Crippen LogP contribution in [-0.2, 0) is 11.2 Å². The molecule has 7 nitrogen and oxygen atoms in total. The van der Waals surface area contributed by atoms with Gasteiger partial charge in [-0.3, -0.25) is 9.59 Å². The molecule has 2 aromatic carbocycles. The van der Waals surface area contributed by atoms with Gasteiger partial charge in [0.1, 0.15) is 11.3 Å². The first-order valence-corrected chi connectivity index (χ1v) is 9.76. The van der Waals surface area contributed by atoms with Gasteiger partial charge in [0, 0.05) is 31.7 Å². The van der Waals surface area contributed by atoms with E-state index in [9.17, 15) is 9.59 Å². The zero-order chi connectivity index (χ0) is 20.2. The zero-order valence-corrected chi connectivity index (χ0v) is 16.3. The maximum absolute atomic E-state index is 12.8. The average molecular weight is 393 g/mol. The predicted molar refractivity (Wildman–Crippen MR) is 108 cm³/mol. The summed E-state index contributed by atoms with van der Waals surface area (Å²) in [6.07, 6.45) is 1.72. The summed E-state index contributed by atoms with van der Waals surface area (Å²) < 4.78 is 10.6. The SMILES string of the molecule is CCOc1ccc(CC(=O)N2CCN(C(=O)c3ccc4ocnc4c3)CC2)cc1. The van der Waals surface area contributed by atoms with Crippen LogP contribution in [0, 0.1) is 0 Å². The van der Waals surface area contributed by atoms with Crippen molar-refractivity contribution in [2.24, 2.45) is 0 Å². The molecule has 1 aromatic heterocycles. The average Bonchev–Trinajstić information content (AvgIpc) is 3.23. The lowest BCUT2D eigenvalue weighted by Gasteiger charge is -2.35. The molecule has 150 valence electrons. The van der Waals surface area contributed by atoms with Crippen molar-refractivity contribution < 1.29 is 18.7 Å². The number of oxazole rings is 1. The molecule has 0 radical (unpaired) electrons. The highest BCUT2D eigenvalue weighted by Gasteiger charge is 2.25. The van der Waals surface area contributed by atoms with Gasteiger partial charge in [-0.05, 0) is 42.8 Å². The van der Waals surface area contributed by atoms with Crippen LogP contribution in [0.2, 0.25) is 0 Å². The summed E-state index contributed by atoms with van der Waals surface area (Å²) >= 11 is 0. The normalized spacial score (nSPS) is 14.2. The molecule has 0 saturated carbocycles. The quantitative estimate of drug-likeness (QED) is 0.666. The fourth-order valence-electron chi connectivity index (χ4n) is 3.49. The number of ether oxygens (including phenoxy) is 1. The van der Waals surface area contributed by atoms with E-state index >= 15 is 0 Å². The number of hydrogen-bond donors (Lipinski definition) is 0. The van der Waals surface area contributed by atoms with E-state index in [2.05, 4.69) is 4.98 Å². The van der Waals surface area contributed by atoms with E-state index in [1.54, 1.807) is 23.1 Å². The molecule has 1 saturated heterocycles. The summed E-state index contributed by atoms with van der Waals surface area (Å²) in [4.78, 5) is 33.1. The fourth-order valence-corrected chi connectivity index (χ4v) is 3.49. The van der Waals surface area contributed by atoms with Gasteiger partial charge in [0.25, 0.3) is 5.91 Å². The molecule has 0 N–H and O–H groups in total. The molecule has 2 amide bonds. The van der Waals surface area contributed by atoms with Crippen LogP contribution >= 0.6 is 0 Å². The second kappa shape index (κ2) is 8.34. The Labute approximate surface area is 168 Å². The maximum atomic E-state index is 12.8. The van der Waals surface area contributed by atoms with E-state index in [4.69, 9.17) is 9.15 Å². The molecule has 0 spiro atoms. The first kappa shape index (κ1) is 19.0. The number of carbonyl (C=O) groups is 2. The highest BCUT2D eigenvalue weighted by Crippen LogP contribution is 2.17. The van der Waals surface area contributed by atoms with Gasteiger partial charge < -0.3 is 19.0 Å². The Morgan fingerprint density at radius 3 is 2.48 bits per heavy atom. The molecule has 4 rings (SSSR count). The lowest BCUT2D eigenvalue weighted by atomic mass is 10.1. The van der Waals surface area contributed by atoms with Crippen LogP contribution in [0.3, 0.4) is 0 Å². The molecule has 0 bridgehead atoms. The number of piperazine rings is 1. The summed E-state index contributed by atoms with van der Waals surface area (Å²) in [7, 11) is 0. The lowest BCUT2D eigenvalue weighted by molar-refractivity contribution is -0.131. The van der Waals surface area contributed by atoms with Crippen LogP contribution in [0.4, 0.5) is 0 Å². The maximum Gasteiger partial charge on any atom is 0.254 e. The predicted octanol–water partition coefficient (Wildman–Crippen LogP) is 2.75. The minimum atomic E-state index is -0.0477. The van der Waals surface area contributed by atoms with Gasteiger partial charge in [-0.1, -0.05) is 12.1 Å². The van der Waals surface area contributed by atoms with Crippen molar-refractivity contribution in [2.75, 3.05) is 32.8 Å². The summed E-state index contributed by atoms with van der Waals surface area (Å²) in [5, 5.41) is 0. The van der Waals surface area contributed by atoms with E-state index in [-0.39, 0.29) is 11.8 Å². The lowest BCUT2D eigenvalue weighted by Crippen LogP contribution is -2.51. The molecule has 1 aliphatic rings. The standard InChI is InChI=1S/C22H23N3O4/c1-2-28-18-6-3-16(4-7-18)13-21(26)24-9-11-25(12-10-24)22(27)17-5-8-20-19(14-17)23-15-29-20/h3-8,14-15H,2,9-13H2,1H3. The van der Waals surface area contributed by atoms with Crippen LogP contribution in [0.5, 0.6) is 5.75 Å². The molecule has 3 aromatic rings. The highest BCUT2D eigenvalue weighted by atomic mass is 16.5. The van der Waals surface area contributed by atoms with Crippen molar-refractivity contribution >= 4 is 22.9 Å². The first-order valence-electron chi connectivity index (χ1n) is 9.76. The van der Waals surface area contributed by atoms with E-state index < -0.39 is 0 Å². The van der Waals surface area contributed by atoms with E-state index in [1.807, 2.05) is 36.1 Å². The van der Waals surface area contributed by atoms with Crippen molar-refractivity contribution in [2.45, 2.75) is 13.3 Å². The number of hydrogen-bond acceptors (Lipinski definition) is 5. The van der Waals surface area contributed by atoms with Crippen molar-refractivity contribution in [3.8, 4) is 5.75 Å². The third kappa shape index (κ3) is 4.23. The minimum Gasteiger partial charge on any atom is -0.494 e. The molecule has 29 heavy (non-hydrogen) atoms. The Hall–Kier alpha value is -3.35. The Kier molecular flexibility index (Phi) is 5.46. The van der Waals surface area contributed by atoms with Crippen LogP contribution < -0.4 is 4.74 Å². The third-order valence-corrected chi connectivity index (χ3v) is 5.09. The Bertz CT molecular complexity index is 1000. The van der Waals surface area contributed by atoms with Gasteiger partial charge in [0.15, 0.2) is 12.0 Å². The number of aromatic nitrogens is 1. The third-order valence-electron chi connectivity index (χ3n) is 5.09. The van der Waals surface area contributed by atoms with Crippen molar-refractivity contribution in [1.29, 1.82) is 0 Å². The Balaban J connectivity index is 1.32. The van der Waals surface area contributed by atoms with Gasteiger partial charge in [0.05, 0.1) is 13.0 Å². The number of amides is 2. The van der Waals surface area contributed by atoms with Crippen molar-refractivity contribution in [3.05, 3.63) is 60.0 Å². The number of benzene rings is 2. The first-order chi connectivity index (χ1) is 14.1. The summed E-state index contributed by atoms with van der Waals surface area (Å²) in [6, 6.07) is 12.9. The van der Waals surface area contributed by atoms with Crippen LogP contribution in [-0.4, -0.2) is 59.4 Å². The van der Waals surface area contributed by atoms with Gasteiger partial charge in [-0.15, -0.1) is 0 Å². The van der Waals surface area contributed by atoms with Gasteiger partial charge >= 0.3 is 0 Å². The molecular formula is C22H23N3O4. The fraction of sp³-hybridized carbons (Fsp3) is 0.318. The number of nitrogens with zero attached hydrogens (tertiary/aromatic N) is 3. The molecular weight excluding hydrogens is 370 g/mol. The Morgan fingerprint density at radius 1 is 1.03 bits per heavy atom. The van der Waals surface area contributed by atoms with Crippen LogP contribution in [0.15, 0.2) is 53.3 Å². The summed E-state index contributed by atoms with van der Waals surface area (Å²) in [6.45, 7) is 4.67. The van der Waals surface area contributed by atoms with Gasteiger partial charge in [-0.2, -0.15) is 0 Å². The van der Waals surface area contributed by atoms with E-state index in [1.165, 1.54) is 6.39 Å². The summed E-state index contributed by atoms with van der Waals surface area (Å²) in [5.41, 5.74) is 2.87. The highest BCUT2D eigenvalue weighted by molar-refractivity contribution is 5.97. The number of carbonyl (C=O) groups excluding carboxylic acids is 2. The van der Waals surface area contributed by atoms with E-state index in [0.29, 0.717) is 55.9 Å². The monoisotopic (exact) mass is 393 g/mol. The second-order valence-corrected chi connectivity index (χ2v) is 6.96. The molecule has 1 aliphatic heterocycles. The van der Waals surface area contributed by atoms with E-state index in [0.717, 1.165) is 11.3 Å². The van der Waals surface area contributed by atoms with Crippen LogP contribution in [0.1, 0.15) is 22.8 Å². The van der Waals surface area contributed by atoms with Crippen LogP contribution in [0.25, 0.3) is 11.1 Å². The van der Waals surface area contributed by atoms with Gasteiger partial charge in [-0.25, -0.2) is 4.98 Å². The molecule has 0 unspecified atom stereocenters. The molecule has 1 fully saturated rings. The molecule has 0 atom stereocenters. The largest absolute Gasteiger partial charge is 0.494 e. The summed E-state index contributed by atoms with van der Waals surface area (Å²) in [5.74, 6) is 0.832.